The van der Waals surface area contributed by atoms with Gasteiger partial charge in [0.15, 0.2) is 5.58 Å². The highest BCUT2D eigenvalue weighted by Gasteiger charge is 2.23. The number of benzene rings is 9. The summed E-state index contributed by atoms with van der Waals surface area (Å²) in [5.74, 6) is 0. The molecule has 0 amide bonds. The molecule has 0 aliphatic rings. The molecule has 0 aliphatic carbocycles. The molecule has 10 aromatic rings. The molecule has 0 unspecified atom stereocenters. The zero-order chi connectivity index (χ0) is 34.4. The van der Waals surface area contributed by atoms with Crippen LogP contribution in [0.4, 0.5) is 17.1 Å². The van der Waals surface area contributed by atoms with E-state index in [2.05, 4.69) is 205 Å². The molecule has 1 heterocycles. The van der Waals surface area contributed by atoms with Crippen molar-refractivity contribution in [3.05, 3.63) is 200 Å². The van der Waals surface area contributed by atoms with Crippen molar-refractivity contribution in [2.45, 2.75) is 0 Å². The second-order valence-electron chi connectivity index (χ2n) is 13.4. The highest BCUT2D eigenvalue weighted by atomic mass is 16.3. The third kappa shape index (κ3) is 5.21. The Bertz CT molecular complexity index is 2790. The number of rotatable bonds is 6. The van der Waals surface area contributed by atoms with E-state index < -0.39 is 0 Å². The molecular formula is C50H33NO. The van der Waals surface area contributed by atoms with Crippen LogP contribution >= 0.6 is 0 Å². The normalized spacial score (nSPS) is 11.5. The number of nitrogens with zero attached hydrogens (tertiary/aromatic N) is 1. The molecule has 9 aromatic carbocycles. The van der Waals surface area contributed by atoms with Crippen molar-refractivity contribution in [2.24, 2.45) is 0 Å². The third-order valence-electron chi connectivity index (χ3n) is 10.2. The first kappa shape index (κ1) is 30.0. The van der Waals surface area contributed by atoms with Gasteiger partial charge in [-0.25, -0.2) is 0 Å². The maximum absolute atomic E-state index is 7.01. The second kappa shape index (κ2) is 12.5. The SMILES string of the molecule is c1ccc(-c2ccc(N(c3ccc(-c4ccccc4)cc3)c3c4ccccc4cc4c3oc3cc(-c5ccc6ccccc6c5)ccc34)cc2)cc1. The summed E-state index contributed by atoms with van der Waals surface area (Å²) >= 11 is 0. The van der Waals surface area contributed by atoms with Gasteiger partial charge in [0, 0.05) is 27.5 Å². The number of hydrogen-bond acceptors (Lipinski definition) is 2. The lowest BCUT2D eigenvalue weighted by molar-refractivity contribution is 0.670. The molecule has 10 rings (SSSR count). The van der Waals surface area contributed by atoms with E-state index in [4.69, 9.17) is 4.42 Å². The molecule has 0 saturated carbocycles. The van der Waals surface area contributed by atoms with Gasteiger partial charge in [0.2, 0.25) is 0 Å². The Morgan fingerprint density at radius 3 is 1.46 bits per heavy atom. The summed E-state index contributed by atoms with van der Waals surface area (Å²) in [4.78, 5) is 2.36. The zero-order valence-corrected chi connectivity index (χ0v) is 28.4. The van der Waals surface area contributed by atoms with E-state index >= 15 is 0 Å². The van der Waals surface area contributed by atoms with Crippen molar-refractivity contribution in [1.29, 1.82) is 0 Å². The van der Waals surface area contributed by atoms with Gasteiger partial charge in [-0.2, -0.15) is 0 Å². The summed E-state index contributed by atoms with van der Waals surface area (Å²) in [5.41, 5.74) is 11.9. The number of furan rings is 1. The van der Waals surface area contributed by atoms with Gasteiger partial charge in [0.05, 0.1) is 5.69 Å². The minimum absolute atomic E-state index is 0.864. The van der Waals surface area contributed by atoms with Crippen molar-refractivity contribution in [3.63, 3.8) is 0 Å². The molecule has 0 saturated heterocycles. The summed E-state index contributed by atoms with van der Waals surface area (Å²) in [6.45, 7) is 0. The molecule has 0 aliphatic heterocycles. The first-order chi connectivity index (χ1) is 25.8. The molecule has 2 nitrogen and oxygen atoms in total. The Balaban J connectivity index is 1.19. The van der Waals surface area contributed by atoms with Crippen LogP contribution in [-0.2, 0) is 0 Å². The maximum atomic E-state index is 7.01. The summed E-state index contributed by atoms with van der Waals surface area (Å²) in [6, 6.07) is 71.6. The van der Waals surface area contributed by atoms with Crippen LogP contribution in [-0.4, -0.2) is 0 Å². The predicted octanol–water partition coefficient (Wildman–Crippen LogP) is 14.4. The molecule has 0 fully saturated rings. The van der Waals surface area contributed by atoms with Gasteiger partial charge in [-0.1, -0.05) is 152 Å². The fourth-order valence-electron chi connectivity index (χ4n) is 7.60. The highest BCUT2D eigenvalue weighted by molar-refractivity contribution is 6.19. The molecule has 1 aromatic heterocycles. The van der Waals surface area contributed by atoms with Gasteiger partial charge in [-0.15, -0.1) is 0 Å². The van der Waals surface area contributed by atoms with E-state index in [0.717, 1.165) is 55.3 Å². The quantitative estimate of drug-likeness (QED) is 0.176. The van der Waals surface area contributed by atoms with Gasteiger partial charge >= 0.3 is 0 Å². The summed E-state index contributed by atoms with van der Waals surface area (Å²) < 4.78 is 7.01. The molecule has 0 spiro atoms. The lowest BCUT2D eigenvalue weighted by Gasteiger charge is -2.27. The fourth-order valence-corrected chi connectivity index (χ4v) is 7.60. The van der Waals surface area contributed by atoms with Gasteiger partial charge in [0.1, 0.15) is 5.58 Å². The van der Waals surface area contributed by atoms with E-state index in [9.17, 15) is 0 Å². The van der Waals surface area contributed by atoms with Gasteiger partial charge < -0.3 is 9.32 Å². The van der Waals surface area contributed by atoms with E-state index in [0.29, 0.717) is 0 Å². The van der Waals surface area contributed by atoms with Crippen molar-refractivity contribution in [1.82, 2.24) is 0 Å². The van der Waals surface area contributed by atoms with Crippen molar-refractivity contribution < 1.29 is 4.42 Å². The number of fused-ring (bicyclic) bond motifs is 5. The fraction of sp³-hybridized carbons (Fsp3) is 0. The van der Waals surface area contributed by atoms with Gasteiger partial charge in [-0.05, 0) is 98.1 Å². The minimum atomic E-state index is 0.864. The zero-order valence-electron chi connectivity index (χ0n) is 28.4. The Labute approximate surface area is 302 Å². The highest BCUT2D eigenvalue weighted by Crippen LogP contribution is 2.47. The molecule has 2 heteroatoms. The number of hydrogen-bond donors (Lipinski definition) is 0. The Kier molecular flexibility index (Phi) is 7.18. The standard InChI is InChI=1S/C50H33NO/c1-3-11-34(12-4-1)37-21-26-43(27-22-37)51(44-28-23-38(24-29-44)35-13-5-2-6-14-35)49-45-18-10-9-17-42(45)32-47-46-30-25-41(33-48(46)52-50(47)49)40-20-19-36-15-7-8-16-39(36)31-40/h1-33H. The molecular weight excluding hydrogens is 631 g/mol. The monoisotopic (exact) mass is 663 g/mol. The van der Waals surface area contributed by atoms with Crippen molar-refractivity contribution in [2.75, 3.05) is 4.90 Å². The van der Waals surface area contributed by atoms with Crippen molar-refractivity contribution in [3.8, 4) is 33.4 Å². The van der Waals surface area contributed by atoms with E-state index in [-0.39, 0.29) is 0 Å². The molecule has 244 valence electrons. The van der Waals surface area contributed by atoms with Crippen LogP contribution in [0.5, 0.6) is 0 Å². The molecule has 0 atom stereocenters. The third-order valence-corrected chi connectivity index (χ3v) is 10.2. The lowest BCUT2D eigenvalue weighted by atomic mass is 9.98. The molecule has 0 radical (unpaired) electrons. The molecule has 0 bridgehead atoms. The Morgan fingerprint density at radius 2 is 0.808 bits per heavy atom. The predicted molar refractivity (Wildman–Crippen MR) is 220 cm³/mol. The molecule has 52 heavy (non-hydrogen) atoms. The van der Waals surface area contributed by atoms with Crippen LogP contribution in [0, 0.1) is 0 Å². The largest absolute Gasteiger partial charge is 0.454 e. The first-order valence-electron chi connectivity index (χ1n) is 17.8. The van der Waals surface area contributed by atoms with Crippen LogP contribution in [0.25, 0.3) is 76.9 Å². The van der Waals surface area contributed by atoms with Crippen LogP contribution in [0.1, 0.15) is 0 Å². The summed E-state index contributed by atoms with van der Waals surface area (Å²) in [7, 11) is 0. The van der Waals surface area contributed by atoms with E-state index in [1.807, 2.05) is 0 Å². The summed E-state index contributed by atoms with van der Waals surface area (Å²) in [6.07, 6.45) is 0. The van der Waals surface area contributed by atoms with Crippen LogP contribution < -0.4 is 4.90 Å². The van der Waals surface area contributed by atoms with Crippen LogP contribution in [0.15, 0.2) is 205 Å². The van der Waals surface area contributed by atoms with Gasteiger partial charge in [-0.3, -0.25) is 0 Å². The van der Waals surface area contributed by atoms with E-state index in [1.165, 1.54) is 38.6 Å². The minimum Gasteiger partial charge on any atom is -0.454 e. The van der Waals surface area contributed by atoms with E-state index in [1.54, 1.807) is 0 Å². The maximum Gasteiger partial charge on any atom is 0.160 e. The van der Waals surface area contributed by atoms with Gasteiger partial charge in [0.25, 0.3) is 0 Å². The van der Waals surface area contributed by atoms with Crippen LogP contribution in [0.2, 0.25) is 0 Å². The number of anilines is 3. The van der Waals surface area contributed by atoms with Crippen LogP contribution in [0.3, 0.4) is 0 Å². The van der Waals surface area contributed by atoms with Crippen molar-refractivity contribution >= 4 is 60.5 Å². The second-order valence-corrected chi connectivity index (χ2v) is 13.4. The Hall–Kier alpha value is -6.90. The lowest BCUT2D eigenvalue weighted by Crippen LogP contribution is -2.11. The summed E-state index contributed by atoms with van der Waals surface area (Å²) in [5, 5.41) is 6.96. The smallest absolute Gasteiger partial charge is 0.160 e. The Morgan fingerprint density at radius 1 is 0.308 bits per heavy atom. The first-order valence-corrected chi connectivity index (χ1v) is 17.8. The average Bonchev–Trinajstić information content (AvgIpc) is 3.59. The topological polar surface area (TPSA) is 16.4 Å². The molecule has 0 N–H and O–H groups in total. The average molecular weight is 664 g/mol.